The molecule has 1 saturated heterocycles. The average Bonchev–Trinajstić information content (AvgIpc) is 2.38. The Morgan fingerprint density at radius 2 is 1.78 bits per heavy atom. The molecule has 106 valence electrons. The summed E-state index contributed by atoms with van der Waals surface area (Å²) in [6.45, 7) is 4.65. The molecule has 1 heterocycles. The van der Waals surface area contributed by atoms with E-state index in [1.807, 2.05) is 0 Å². The van der Waals surface area contributed by atoms with E-state index in [1.54, 1.807) is 0 Å². The summed E-state index contributed by atoms with van der Waals surface area (Å²) in [6, 6.07) is 0.383. The first kappa shape index (κ1) is 15.9. The third kappa shape index (κ3) is 6.14. The lowest BCUT2D eigenvalue weighted by Gasteiger charge is -2.34. The van der Waals surface area contributed by atoms with Gasteiger partial charge in [-0.25, -0.2) is 0 Å². The van der Waals surface area contributed by atoms with E-state index in [4.69, 9.17) is 18.0 Å². The molecule has 0 amide bonds. The maximum Gasteiger partial charge on any atom is 0.0902 e. The van der Waals surface area contributed by atoms with E-state index < -0.39 is 0 Å². The van der Waals surface area contributed by atoms with E-state index in [2.05, 4.69) is 11.8 Å². The Balaban J connectivity index is 2.07. The van der Waals surface area contributed by atoms with Gasteiger partial charge in [-0.3, -0.25) is 4.90 Å². The van der Waals surface area contributed by atoms with E-state index in [1.165, 1.54) is 77.3 Å². The van der Waals surface area contributed by atoms with Crippen LogP contribution < -0.4 is 5.73 Å². The van der Waals surface area contributed by atoms with E-state index in [-0.39, 0.29) is 0 Å². The summed E-state index contributed by atoms with van der Waals surface area (Å²) in [5, 5.41) is 0. The Morgan fingerprint density at radius 3 is 2.44 bits per heavy atom. The van der Waals surface area contributed by atoms with E-state index in [0.717, 1.165) is 0 Å². The quantitative estimate of drug-likeness (QED) is 0.509. The smallest absolute Gasteiger partial charge is 0.0902 e. The lowest BCUT2D eigenvalue weighted by molar-refractivity contribution is 0.189. The summed E-state index contributed by atoms with van der Waals surface area (Å²) >= 11 is 5.18. The van der Waals surface area contributed by atoms with Crippen LogP contribution in [0.5, 0.6) is 0 Å². The van der Waals surface area contributed by atoms with Gasteiger partial charge in [0.1, 0.15) is 0 Å². The van der Waals surface area contributed by atoms with Crippen molar-refractivity contribution in [2.45, 2.75) is 77.2 Å². The molecule has 3 heteroatoms. The fourth-order valence-corrected chi connectivity index (χ4v) is 3.12. The van der Waals surface area contributed by atoms with Crippen molar-refractivity contribution in [2.24, 2.45) is 5.73 Å². The largest absolute Gasteiger partial charge is 0.392 e. The standard InChI is InChI=1S/C15H30N2S/c1-2-3-4-5-6-7-9-12-17-13-10-8-11-14(17)15(16)18/h14H,2-13H2,1H3,(H2,16,18). The van der Waals surface area contributed by atoms with Gasteiger partial charge in [0.2, 0.25) is 0 Å². The molecule has 0 bridgehead atoms. The molecule has 0 spiro atoms. The molecule has 0 radical (unpaired) electrons. The first-order valence-corrected chi connectivity index (χ1v) is 8.20. The summed E-state index contributed by atoms with van der Waals surface area (Å²) in [5.41, 5.74) is 5.83. The van der Waals surface area contributed by atoms with Crippen LogP contribution in [0.4, 0.5) is 0 Å². The van der Waals surface area contributed by atoms with Crippen LogP contribution in [0.15, 0.2) is 0 Å². The Morgan fingerprint density at radius 1 is 1.11 bits per heavy atom. The first-order chi connectivity index (χ1) is 8.75. The van der Waals surface area contributed by atoms with Gasteiger partial charge in [-0.1, -0.05) is 64.1 Å². The highest BCUT2D eigenvalue weighted by atomic mass is 32.1. The number of nitrogens with zero attached hydrogens (tertiary/aromatic N) is 1. The van der Waals surface area contributed by atoms with Crippen molar-refractivity contribution in [3.05, 3.63) is 0 Å². The van der Waals surface area contributed by atoms with Crippen LogP contribution in [0.3, 0.4) is 0 Å². The molecule has 0 aliphatic carbocycles. The van der Waals surface area contributed by atoms with Gasteiger partial charge in [0, 0.05) is 0 Å². The number of hydrogen-bond acceptors (Lipinski definition) is 2. The highest BCUT2D eigenvalue weighted by Gasteiger charge is 2.23. The normalized spacial score (nSPS) is 21.1. The molecule has 1 rings (SSSR count). The zero-order valence-corrected chi connectivity index (χ0v) is 12.8. The predicted molar refractivity (Wildman–Crippen MR) is 84.0 cm³/mol. The van der Waals surface area contributed by atoms with Crippen LogP contribution in [-0.2, 0) is 0 Å². The molecule has 1 unspecified atom stereocenters. The molecule has 1 fully saturated rings. The van der Waals surface area contributed by atoms with Gasteiger partial charge in [0.05, 0.1) is 11.0 Å². The topological polar surface area (TPSA) is 29.3 Å². The zero-order chi connectivity index (χ0) is 13.2. The van der Waals surface area contributed by atoms with Crippen molar-refractivity contribution < 1.29 is 0 Å². The Bertz CT molecular complexity index is 231. The SMILES string of the molecule is CCCCCCCCCN1CCCCC1C(N)=S. The number of hydrogen-bond donors (Lipinski definition) is 1. The maximum absolute atomic E-state index is 5.83. The van der Waals surface area contributed by atoms with Crippen LogP contribution >= 0.6 is 12.2 Å². The number of nitrogens with two attached hydrogens (primary N) is 1. The maximum atomic E-state index is 5.83. The van der Waals surface area contributed by atoms with Crippen molar-refractivity contribution in [3.8, 4) is 0 Å². The molecule has 18 heavy (non-hydrogen) atoms. The molecule has 1 aliphatic heterocycles. The summed E-state index contributed by atoms with van der Waals surface area (Å²) in [6.07, 6.45) is 13.4. The van der Waals surface area contributed by atoms with Crippen LogP contribution in [0.2, 0.25) is 0 Å². The van der Waals surface area contributed by atoms with E-state index in [0.29, 0.717) is 11.0 Å². The van der Waals surface area contributed by atoms with Gasteiger partial charge in [0.15, 0.2) is 0 Å². The first-order valence-electron chi connectivity index (χ1n) is 7.79. The van der Waals surface area contributed by atoms with Crippen molar-refractivity contribution in [1.82, 2.24) is 4.90 Å². The fraction of sp³-hybridized carbons (Fsp3) is 0.933. The number of piperidine rings is 1. The van der Waals surface area contributed by atoms with Crippen LogP contribution in [0.1, 0.15) is 71.1 Å². The molecule has 0 aromatic heterocycles. The average molecular weight is 270 g/mol. The number of unbranched alkanes of at least 4 members (excludes halogenated alkanes) is 6. The molecule has 1 aliphatic rings. The lowest BCUT2D eigenvalue weighted by Crippen LogP contribution is -2.47. The van der Waals surface area contributed by atoms with Gasteiger partial charge in [-0.2, -0.15) is 0 Å². The van der Waals surface area contributed by atoms with Crippen molar-refractivity contribution in [3.63, 3.8) is 0 Å². The van der Waals surface area contributed by atoms with Gasteiger partial charge < -0.3 is 5.73 Å². The third-order valence-corrected chi connectivity index (χ3v) is 4.26. The molecular formula is C15H30N2S. The van der Waals surface area contributed by atoms with Crippen molar-refractivity contribution in [2.75, 3.05) is 13.1 Å². The van der Waals surface area contributed by atoms with Crippen LogP contribution in [0.25, 0.3) is 0 Å². The second kappa shape index (κ2) is 9.74. The predicted octanol–water partition coefficient (Wildman–Crippen LogP) is 3.88. The Hall–Kier alpha value is -0.150. The third-order valence-electron chi connectivity index (χ3n) is 3.99. The number of thiocarbonyl (C=S) groups is 1. The minimum atomic E-state index is 0.383. The Labute approximate surface area is 118 Å². The number of likely N-dealkylation sites (tertiary alicyclic amines) is 1. The molecule has 0 aromatic carbocycles. The van der Waals surface area contributed by atoms with Crippen molar-refractivity contribution >= 4 is 17.2 Å². The van der Waals surface area contributed by atoms with E-state index >= 15 is 0 Å². The monoisotopic (exact) mass is 270 g/mol. The summed E-state index contributed by atoms with van der Waals surface area (Å²) in [5.74, 6) is 0. The molecule has 2 N–H and O–H groups in total. The highest BCUT2D eigenvalue weighted by molar-refractivity contribution is 7.80. The second-order valence-corrected chi connectivity index (χ2v) is 6.04. The van der Waals surface area contributed by atoms with Gasteiger partial charge >= 0.3 is 0 Å². The molecule has 1 atom stereocenters. The molecule has 2 nitrogen and oxygen atoms in total. The zero-order valence-electron chi connectivity index (χ0n) is 12.0. The van der Waals surface area contributed by atoms with Crippen LogP contribution in [0, 0.1) is 0 Å². The van der Waals surface area contributed by atoms with E-state index in [9.17, 15) is 0 Å². The molecule has 0 saturated carbocycles. The minimum absolute atomic E-state index is 0.383. The van der Waals surface area contributed by atoms with Gasteiger partial charge in [-0.05, 0) is 32.4 Å². The molecule has 0 aromatic rings. The summed E-state index contributed by atoms with van der Waals surface area (Å²) < 4.78 is 0. The number of rotatable bonds is 9. The lowest BCUT2D eigenvalue weighted by atomic mass is 10.0. The highest BCUT2D eigenvalue weighted by Crippen LogP contribution is 2.18. The van der Waals surface area contributed by atoms with Crippen molar-refractivity contribution in [1.29, 1.82) is 0 Å². The van der Waals surface area contributed by atoms with Crippen LogP contribution in [-0.4, -0.2) is 29.0 Å². The van der Waals surface area contributed by atoms with Gasteiger partial charge in [-0.15, -0.1) is 0 Å². The summed E-state index contributed by atoms with van der Waals surface area (Å²) in [4.78, 5) is 3.22. The fourth-order valence-electron chi connectivity index (χ4n) is 2.85. The molecular weight excluding hydrogens is 240 g/mol. The minimum Gasteiger partial charge on any atom is -0.392 e. The Kier molecular flexibility index (Phi) is 8.60. The second-order valence-electron chi connectivity index (χ2n) is 5.57. The summed E-state index contributed by atoms with van der Waals surface area (Å²) in [7, 11) is 0. The van der Waals surface area contributed by atoms with Gasteiger partial charge in [0.25, 0.3) is 0 Å².